The van der Waals surface area contributed by atoms with Crippen LogP contribution in [0.25, 0.3) is 5.69 Å². The molecule has 19 heavy (non-hydrogen) atoms. The summed E-state index contributed by atoms with van der Waals surface area (Å²) < 4.78 is 1.72. The van der Waals surface area contributed by atoms with Gasteiger partial charge >= 0.3 is 0 Å². The number of halogens is 1. The van der Waals surface area contributed by atoms with E-state index in [4.69, 9.17) is 11.6 Å². The molecule has 1 aliphatic heterocycles. The summed E-state index contributed by atoms with van der Waals surface area (Å²) in [6.07, 6.45) is 3.54. The molecule has 0 aliphatic carbocycles. The molecule has 98 valence electrons. The molecule has 0 radical (unpaired) electrons. The summed E-state index contributed by atoms with van der Waals surface area (Å²) in [5.41, 5.74) is 1.39. The molecule has 1 aliphatic rings. The van der Waals surface area contributed by atoms with E-state index in [0.717, 1.165) is 11.4 Å². The van der Waals surface area contributed by atoms with Gasteiger partial charge in [0.2, 0.25) is 5.91 Å². The van der Waals surface area contributed by atoms with Crippen LogP contribution in [-0.4, -0.2) is 22.2 Å². The van der Waals surface area contributed by atoms with E-state index in [0.29, 0.717) is 11.6 Å². The molecule has 0 bridgehead atoms. The molecule has 1 aromatic heterocycles. The van der Waals surface area contributed by atoms with Gasteiger partial charge in [-0.2, -0.15) is 5.10 Å². The standard InChI is InChI=1S/C14H14ClN3O/c1-14(2)9-17(13(14)19)11-5-4-10(15)8-12(11)18-7-3-6-16-18/h3-8H,9H2,1-2H3. The molecule has 5 heteroatoms. The maximum atomic E-state index is 12.2. The zero-order chi connectivity index (χ0) is 13.6. The third-order valence-corrected chi connectivity index (χ3v) is 3.59. The lowest BCUT2D eigenvalue weighted by atomic mass is 9.82. The van der Waals surface area contributed by atoms with E-state index in [-0.39, 0.29) is 11.3 Å². The highest BCUT2D eigenvalue weighted by Crippen LogP contribution is 2.38. The van der Waals surface area contributed by atoms with Crippen LogP contribution in [-0.2, 0) is 4.79 Å². The smallest absolute Gasteiger partial charge is 0.234 e. The number of carbonyl (C=O) groups is 1. The number of anilines is 1. The first-order valence-corrected chi connectivity index (χ1v) is 6.48. The molecule has 2 heterocycles. The largest absolute Gasteiger partial charge is 0.309 e. The maximum Gasteiger partial charge on any atom is 0.234 e. The molecule has 0 atom stereocenters. The number of amides is 1. The number of carbonyl (C=O) groups excluding carboxylic acids is 1. The van der Waals surface area contributed by atoms with Crippen LogP contribution in [0.1, 0.15) is 13.8 Å². The number of nitrogens with zero attached hydrogens (tertiary/aromatic N) is 3. The van der Waals surface area contributed by atoms with Crippen molar-refractivity contribution in [1.82, 2.24) is 9.78 Å². The molecule has 2 aromatic rings. The fourth-order valence-corrected chi connectivity index (χ4v) is 2.49. The fourth-order valence-electron chi connectivity index (χ4n) is 2.32. The van der Waals surface area contributed by atoms with Crippen molar-refractivity contribution in [3.63, 3.8) is 0 Å². The maximum absolute atomic E-state index is 12.2. The van der Waals surface area contributed by atoms with E-state index in [9.17, 15) is 4.79 Å². The van der Waals surface area contributed by atoms with Crippen LogP contribution < -0.4 is 4.90 Å². The first-order valence-electron chi connectivity index (χ1n) is 6.10. The van der Waals surface area contributed by atoms with Crippen molar-refractivity contribution >= 4 is 23.2 Å². The van der Waals surface area contributed by atoms with E-state index >= 15 is 0 Å². The third kappa shape index (κ3) is 1.92. The summed E-state index contributed by atoms with van der Waals surface area (Å²) in [6.45, 7) is 4.62. The van der Waals surface area contributed by atoms with Gasteiger partial charge in [0, 0.05) is 24.0 Å². The van der Waals surface area contributed by atoms with Gasteiger partial charge < -0.3 is 4.90 Å². The monoisotopic (exact) mass is 275 g/mol. The van der Waals surface area contributed by atoms with Crippen molar-refractivity contribution in [1.29, 1.82) is 0 Å². The number of hydrogen-bond donors (Lipinski definition) is 0. The minimum absolute atomic E-state index is 0.128. The summed E-state index contributed by atoms with van der Waals surface area (Å²) in [4.78, 5) is 13.9. The number of rotatable bonds is 2. The predicted molar refractivity (Wildman–Crippen MR) is 74.7 cm³/mol. The molecule has 1 saturated heterocycles. The summed E-state index contributed by atoms with van der Waals surface area (Å²) in [5, 5.41) is 4.84. The Morgan fingerprint density at radius 3 is 2.68 bits per heavy atom. The van der Waals surface area contributed by atoms with Crippen molar-refractivity contribution in [3.8, 4) is 5.69 Å². The van der Waals surface area contributed by atoms with Crippen LogP contribution in [0.15, 0.2) is 36.7 Å². The van der Waals surface area contributed by atoms with Crippen molar-refractivity contribution in [3.05, 3.63) is 41.7 Å². The molecule has 0 spiro atoms. The normalized spacial score (nSPS) is 17.4. The average molecular weight is 276 g/mol. The Balaban J connectivity index is 2.06. The van der Waals surface area contributed by atoms with Gasteiger partial charge in [-0.05, 0) is 38.1 Å². The minimum Gasteiger partial charge on any atom is -0.309 e. The highest BCUT2D eigenvalue weighted by atomic mass is 35.5. The van der Waals surface area contributed by atoms with Crippen LogP contribution in [0.5, 0.6) is 0 Å². The van der Waals surface area contributed by atoms with E-state index in [2.05, 4.69) is 5.10 Å². The van der Waals surface area contributed by atoms with E-state index < -0.39 is 0 Å². The van der Waals surface area contributed by atoms with Crippen molar-refractivity contribution in [2.45, 2.75) is 13.8 Å². The van der Waals surface area contributed by atoms with E-state index in [1.54, 1.807) is 21.8 Å². The van der Waals surface area contributed by atoms with Gasteiger partial charge in [-0.15, -0.1) is 0 Å². The summed E-state index contributed by atoms with van der Waals surface area (Å²) in [7, 11) is 0. The van der Waals surface area contributed by atoms with Crippen LogP contribution in [0.4, 0.5) is 5.69 Å². The molecule has 1 aromatic carbocycles. The molecule has 1 fully saturated rings. The first kappa shape index (κ1) is 12.2. The van der Waals surface area contributed by atoms with Crippen molar-refractivity contribution in [2.24, 2.45) is 5.41 Å². The molecule has 3 rings (SSSR count). The van der Waals surface area contributed by atoms with Crippen LogP contribution in [0, 0.1) is 5.41 Å². The molecule has 4 nitrogen and oxygen atoms in total. The third-order valence-electron chi connectivity index (χ3n) is 3.36. The highest BCUT2D eigenvalue weighted by Gasteiger charge is 2.45. The van der Waals surface area contributed by atoms with Gasteiger partial charge in [0.05, 0.1) is 16.8 Å². The molecule has 0 unspecified atom stereocenters. The number of hydrogen-bond acceptors (Lipinski definition) is 2. The lowest BCUT2D eigenvalue weighted by Gasteiger charge is -2.45. The Hall–Kier alpha value is -1.81. The molecule has 1 amide bonds. The Morgan fingerprint density at radius 2 is 2.11 bits per heavy atom. The van der Waals surface area contributed by atoms with Crippen molar-refractivity contribution in [2.75, 3.05) is 11.4 Å². The van der Waals surface area contributed by atoms with Crippen LogP contribution in [0.2, 0.25) is 5.02 Å². The van der Waals surface area contributed by atoms with Gasteiger partial charge in [-0.25, -0.2) is 4.68 Å². The van der Waals surface area contributed by atoms with Crippen LogP contribution in [0.3, 0.4) is 0 Å². The van der Waals surface area contributed by atoms with Crippen molar-refractivity contribution < 1.29 is 4.79 Å². The average Bonchev–Trinajstić information content (AvgIpc) is 2.90. The zero-order valence-corrected chi connectivity index (χ0v) is 11.6. The summed E-state index contributed by atoms with van der Waals surface area (Å²) in [6, 6.07) is 7.32. The predicted octanol–water partition coefficient (Wildman–Crippen LogP) is 2.90. The number of benzene rings is 1. The highest BCUT2D eigenvalue weighted by molar-refractivity contribution is 6.31. The van der Waals surface area contributed by atoms with Gasteiger partial charge in [0.15, 0.2) is 0 Å². The van der Waals surface area contributed by atoms with E-state index in [1.807, 2.05) is 38.2 Å². The lowest BCUT2D eigenvalue weighted by molar-refractivity contribution is -0.132. The number of β-lactam (4-membered cyclic amide) rings is 1. The Labute approximate surface area is 116 Å². The topological polar surface area (TPSA) is 38.1 Å². The Morgan fingerprint density at radius 1 is 1.32 bits per heavy atom. The van der Waals surface area contributed by atoms with Gasteiger partial charge in [0.1, 0.15) is 0 Å². The fraction of sp³-hybridized carbons (Fsp3) is 0.286. The van der Waals surface area contributed by atoms with Gasteiger partial charge in [-0.1, -0.05) is 11.6 Å². The summed E-state index contributed by atoms with van der Waals surface area (Å²) in [5.74, 6) is 0.128. The molecular weight excluding hydrogens is 262 g/mol. The SMILES string of the molecule is CC1(C)CN(c2ccc(Cl)cc2-n2cccn2)C1=O. The Kier molecular flexibility index (Phi) is 2.64. The zero-order valence-electron chi connectivity index (χ0n) is 10.8. The summed E-state index contributed by atoms with van der Waals surface area (Å²) >= 11 is 6.05. The van der Waals surface area contributed by atoms with Gasteiger partial charge in [-0.3, -0.25) is 4.79 Å². The van der Waals surface area contributed by atoms with E-state index in [1.165, 1.54) is 0 Å². The molecular formula is C14H14ClN3O. The lowest BCUT2D eigenvalue weighted by Crippen LogP contribution is -2.59. The minimum atomic E-state index is -0.277. The molecule has 0 N–H and O–H groups in total. The second kappa shape index (κ2) is 4.10. The first-order chi connectivity index (χ1) is 8.99. The second-order valence-electron chi connectivity index (χ2n) is 5.36. The molecule has 0 saturated carbocycles. The van der Waals surface area contributed by atoms with Crippen LogP contribution >= 0.6 is 11.6 Å². The quantitative estimate of drug-likeness (QED) is 0.791. The number of aromatic nitrogens is 2. The van der Waals surface area contributed by atoms with Gasteiger partial charge in [0.25, 0.3) is 0 Å². The second-order valence-corrected chi connectivity index (χ2v) is 5.80. The Bertz CT molecular complexity index is 634.